The first-order valence-electron chi connectivity index (χ1n) is 6.52. The summed E-state index contributed by atoms with van der Waals surface area (Å²) < 4.78 is 7.19. The van der Waals surface area contributed by atoms with Crippen molar-refractivity contribution >= 4 is 27.8 Å². The number of benzene rings is 1. The Kier molecular flexibility index (Phi) is 4.85. The largest absolute Gasteiger partial charge is 0.450 e. The van der Waals surface area contributed by atoms with Crippen molar-refractivity contribution in [1.82, 2.24) is 9.78 Å². The van der Waals surface area contributed by atoms with Crippen LogP contribution in [0.1, 0.15) is 25.5 Å². The zero-order valence-corrected chi connectivity index (χ0v) is 13.3. The second kappa shape index (κ2) is 6.62. The third kappa shape index (κ3) is 3.75. The van der Waals surface area contributed by atoms with Gasteiger partial charge in [0.15, 0.2) is 0 Å². The Morgan fingerprint density at radius 2 is 2.10 bits per heavy atom. The van der Waals surface area contributed by atoms with Crippen LogP contribution in [0.25, 0.3) is 0 Å². The molecule has 0 aliphatic heterocycles. The van der Waals surface area contributed by atoms with E-state index in [1.165, 1.54) is 10.7 Å². The number of carbonyl (C=O) groups is 1. The molecular formula is C14H16BrN3O3. The molecule has 1 heterocycles. The highest BCUT2D eigenvalue weighted by Crippen LogP contribution is 2.19. The summed E-state index contributed by atoms with van der Waals surface area (Å²) >= 11 is 3.37. The van der Waals surface area contributed by atoms with Crippen LogP contribution in [0.4, 0.5) is 10.6 Å². The third-order valence-electron chi connectivity index (χ3n) is 3.00. The molecule has 0 saturated carbocycles. The third-order valence-corrected chi connectivity index (χ3v) is 3.53. The van der Waals surface area contributed by atoms with Crippen LogP contribution in [0.2, 0.25) is 0 Å². The smallest absolute Gasteiger partial charge is 0.412 e. The predicted molar refractivity (Wildman–Crippen MR) is 83.7 cm³/mol. The molecule has 0 radical (unpaired) electrons. The van der Waals surface area contributed by atoms with Crippen molar-refractivity contribution in [1.29, 1.82) is 0 Å². The van der Waals surface area contributed by atoms with Crippen LogP contribution in [0.15, 0.2) is 39.6 Å². The molecule has 0 aliphatic carbocycles. The van der Waals surface area contributed by atoms with E-state index in [1.807, 2.05) is 31.2 Å². The zero-order chi connectivity index (χ0) is 15.4. The topological polar surface area (TPSA) is 76.1 Å². The van der Waals surface area contributed by atoms with Crippen molar-refractivity contribution < 1.29 is 9.53 Å². The van der Waals surface area contributed by atoms with E-state index in [2.05, 4.69) is 26.3 Å². The normalized spacial score (nSPS) is 12.0. The van der Waals surface area contributed by atoms with Crippen molar-refractivity contribution in [3.8, 4) is 0 Å². The van der Waals surface area contributed by atoms with Crippen LogP contribution in [0, 0.1) is 0 Å². The molecule has 6 nitrogen and oxygen atoms in total. The maximum absolute atomic E-state index is 12.0. The molecule has 2 rings (SSSR count). The maximum atomic E-state index is 12.0. The highest BCUT2D eigenvalue weighted by Gasteiger charge is 2.13. The van der Waals surface area contributed by atoms with Gasteiger partial charge in [0.05, 0.1) is 12.6 Å². The Hall–Kier alpha value is -2.02. The van der Waals surface area contributed by atoms with E-state index in [0.29, 0.717) is 5.82 Å². The number of carbonyl (C=O) groups excluding carboxylic acids is 1. The summed E-state index contributed by atoms with van der Waals surface area (Å²) in [5.41, 5.74) is 0.752. The molecule has 1 aromatic carbocycles. The number of halogens is 1. The first-order chi connectivity index (χ1) is 10.0. The molecule has 21 heavy (non-hydrogen) atoms. The molecule has 1 aromatic heterocycles. The van der Waals surface area contributed by atoms with Gasteiger partial charge in [0.1, 0.15) is 5.82 Å². The lowest BCUT2D eigenvalue weighted by molar-refractivity contribution is 0.168. The predicted octanol–water partition coefficient (Wildman–Crippen LogP) is 3.12. The minimum absolute atomic E-state index is 0.177. The summed E-state index contributed by atoms with van der Waals surface area (Å²) in [6.07, 6.45) is -0.595. The zero-order valence-electron chi connectivity index (χ0n) is 11.7. The first kappa shape index (κ1) is 15.4. The van der Waals surface area contributed by atoms with Crippen LogP contribution < -0.4 is 10.9 Å². The summed E-state index contributed by atoms with van der Waals surface area (Å²) in [6, 6.07) is 8.84. The highest BCUT2D eigenvalue weighted by molar-refractivity contribution is 9.10. The molecule has 2 N–H and O–H groups in total. The van der Waals surface area contributed by atoms with Crippen LogP contribution in [-0.4, -0.2) is 22.5 Å². The van der Waals surface area contributed by atoms with E-state index in [0.717, 1.165) is 10.0 Å². The van der Waals surface area contributed by atoms with E-state index in [4.69, 9.17) is 4.74 Å². The van der Waals surface area contributed by atoms with Gasteiger partial charge in [0, 0.05) is 10.5 Å². The minimum atomic E-state index is -0.595. The number of nitrogens with one attached hydrogen (secondary N) is 2. The fraction of sp³-hybridized carbons (Fsp3) is 0.286. The SMILES string of the molecule is CCOC(=O)Nc1cc(=O)n(C(C)c2ccc(Br)cc2)[nH]1. The van der Waals surface area contributed by atoms with Crippen molar-refractivity contribution in [2.75, 3.05) is 11.9 Å². The summed E-state index contributed by atoms with van der Waals surface area (Å²) in [4.78, 5) is 23.3. The molecule has 112 valence electrons. The summed E-state index contributed by atoms with van der Waals surface area (Å²) in [7, 11) is 0. The number of rotatable bonds is 4. The van der Waals surface area contributed by atoms with Gasteiger partial charge >= 0.3 is 6.09 Å². The molecule has 0 bridgehead atoms. The van der Waals surface area contributed by atoms with Crippen molar-refractivity contribution in [2.24, 2.45) is 0 Å². The van der Waals surface area contributed by atoms with E-state index >= 15 is 0 Å². The van der Waals surface area contributed by atoms with Crippen molar-refractivity contribution in [2.45, 2.75) is 19.9 Å². The van der Waals surface area contributed by atoms with Crippen molar-refractivity contribution in [3.05, 3.63) is 50.7 Å². The standard InChI is InChI=1S/C14H16BrN3O3/c1-3-21-14(20)16-12-8-13(19)18(17-12)9(2)10-4-6-11(15)7-5-10/h4-9,17H,3H2,1-2H3,(H,16,20). The summed E-state index contributed by atoms with van der Waals surface area (Å²) in [6.45, 7) is 3.88. The van der Waals surface area contributed by atoms with Gasteiger partial charge in [-0.25, -0.2) is 9.48 Å². The molecule has 7 heteroatoms. The second-order valence-corrected chi connectivity index (χ2v) is 5.37. The van der Waals surface area contributed by atoms with Gasteiger partial charge in [-0.3, -0.25) is 15.2 Å². The molecule has 1 amide bonds. The number of nitrogens with zero attached hydrogens (tertiary/aromatic N) is 1. The Morgan fingerprint density at radius 1 is 1.43 bits per heavy atom. The van der Waals surface area contributed by atoms with Gasteiger partial charge < -0.3 is 4.74 Å². The van der Waals surface area contributed by atoms with Gasteiger partial charge in [-0.05, 0) is 31.5 Å². The molecule has 0 spiro atoms. The van der Waals surface area contributed by atoms with Crippen LogP contribution >= 0.6 is 15.9 Å². The van der Waals surface area contributed by atoms with Gasteiger partial charge in [-0.2, -0.15) is 0 Å². The van der Waals surface area contributed by atoms with E-state index in [1.54, 1.807) is 6.92 Å². The summed E-state index contributed by atoms with van der Waals surface area (Å²) in [5, 5.41) is 5.34. The number of anilines is 1. The number of H-pyrrole nitrogens is 1. The van der Waals surface area contributed by atoms with Gasteiger partial charge in [0.2, 0.25) is 0 Å². The van der Waals surface area contributed by atoms with Gasteiger partial charge in [-0.1, -0.05) is 28.1 Å². The lowest BCUT2D eigenvalue weighted by atomic mass is 10.1. The van der Waals surface area contributed by atoms with Gasteiger partial charge in [-0.15, -0.1) is 0 Å². The highest BCUT2D eigenvalue weighted by atomic mass is 79.9. The average Bonchev–Trinajstić information content (AvgIpc) is 2.79. The van der Waals surface area contributed by atoms with Crippen LogP contribution in [0.5, 0.6) is 0 Å². The van der Waals surface area contributed by atoms with Crippen molar-refractivity contribution in [3.63, 3.8) is 0 Å². The number of hydrogen-bond acceptors (Lipinski definition) is 3. The van der Waals surface area contributed by atoms with E-state index < -0.39 is 6.09 Å². The quantitative estimate of drug-likeness (QED) is 0.886. The number of hydrogen-bond donors (Lipinski definition) is 2. The molecule has 1 unspecified atom stereocenters. The molecular weight excluding hydrogens is 338 g/mol. The molecule has 0 fully saturated rings. The van der Waals surface area contributed by atoms with Crippen LogP contribution in [-0.2, 0) is 4.74 Å². The fourth-order valence-electron chi connectivity index (χ4n) is 1.93. The Bertz CT molecular complexity index is 676. The Labute approximate surface area is 130 Å². The summed E-state index contributed by atoms with van der Waals surface area (Å²) in [5.74, 6) is 0.308. The number of ether oxygens (including phenoxy) is 1. The average molecular weight is 354 g/mol. The fourth-order valence-corrected chi connectivity index (χ4v) is 2.19. The Balaban J connectivity index is 2.20. The maximum Gasteiger partial charge on any atom is 0.412 e. The molecule has 1 atom stereocenters. The van der Waals surface area contributed by atoms with E-state index in [9.17, 15) is 9.59 Å². The number of aromatic amines is 1. The van der Waals surface area contributed by atoms with E-state index in [-0.39, 0.29) is 18.2 Å². The second-order valence-electron chi connectivity index (χ2n) is 4.45. The first-order valence-corrected chi connectivity index (χ1v) is 7.31. The number of aromatic nitrogens is 2. The lowest BCUT2D eigenvalue weighted by Gasteiger charge is -2.13. The number of amides is 1. The molecule has 0 saturated heterocycles. The molecule has 0 aliphatic rings. The molecule has 2 aromatic rings. The lowest BCUT2D eigenvalue weighted by Crippen LogP contribution is -2.21. The monoisotopic (exact) mass is 353 g/mol. The van der Waals surface area contributed by atoms with Crippen LogP contribution in [0.3, 0.4) is 0 Å². The Morgan fingerprint density at radius 3 is 2.71 bits per heavy atom. The van der Waals surface area contributed by atoms with Gasteiger partial charge in [0.25, 0.3) is 5.56 Å². The minimum Gasteiger partial charge on any atom is -0.450 e.